The van der Waals surface area contributed by atoms with Crippen molar-refractivity contribution in [3.63, 3.8) is 0 Å². The summed E-state index contributed by atoms with van der Waals surface area (Å²) in [5, 5.41) is 2.92. The predicted molar refractivity (Wildman–Crippen MR) is 124 cm³/mol. The van der Waals surface area contributed by atoms with E-state index in [4.69, 9.17) is 9.47 Å². The number of amides is 1. The lowest BCUT2D eigenvalue weighted by atomic mass is 10.1. The first-order chi connectivity index (χ1) is 15.6. The van der Waals surface area contributed by atoms with Crippen LogP contribution in [0.1, 0.15) is 21.7 Å². The van der Waals surface area contributed by atoms with E-state index >= 15 is 0 Å². The van der Waals surface area contributed by atoms with Gasteiger partial charge in [0.2, 0.25) is 0 Å². The summed E-state index contributed by atoms with van der Waals surface area (Å²) in [6.45, 7) is 5.19. The number of ether oxygens (including phenoxy) is 2. The lowest BCUT2D eigenvalue weighted by Crippen LogP contribution is -2.16. The van der Waals surface area contributed by atoms with Crippen molar-refractivity contribution in [1.29, 1.82) is 0 Å². The van der Waals surface area contributed by atoms with Gasteiger partial charge in [0.25, 0.3) is 5.91 Å². The van der Waals surface area contributed by atoms with E-state index in [2.05, 4.69) is 46.9 Å². The lowest BCUT2D eigenvalue weighted by molar-refractivity contribution is 0.102. The molecule has 0 radical (unpaired) electrons. The topological polar surface area (TPSA) is 65.4 Å². The maximum atomic E-state index is 12.8. The molecule has 1 amide bonds. The smallest absolute Gasteiger partial charge is 0.255 e. The van der Waals surface area contributed by atoms with Crippen molar-refractivity contribution in [2.75, 3.05) is 18.5 Å². The number of anilines is 1. The Morgan fingerprint density at radius 2 is 1.62 bits per heavy atom. The Bertz CT molecular complexity index is 1270. The van der Waals surface area contributed by atoms with Crippen molar-refractivity contribution in [1.82, 2.24) is 9.55 Å². The molecule has 0 aliphatic carbocycles. The molecule has 160 valence electrons. The van der Waals surface area contributed by atoms with E-state index in [1.807, 2.05) is 36.4 Å². The molecule has 5 rings (SSSR count). The molecule has 1 aliphatic heterocycles. The fraction of sp³-hybridized carbons (Fsp3) is 0.154. The molecular formula is C26H23N3O3. The molecule has 1 N–H and O–H groups in total. The molecule has 0 fully saturated rings. The zero-order valence-electron chi connectivity index (χ0n) is 18.0. The third-order valence-corrected chi connectivity index (χ3v) is 5.52. The van der Waals surface area contributed by atoms with E-state index in [0.717, 1.165) is 28.3 Å². The van der Waals surface area contributed by atoms with Gasteiger partial charge in [0.05, 0.1) is 11.4 Å². The molecule has 6 nitrogen and oxygen atoms in total. The highest BCUT2D eigenvalue weighted by atomic mass is 16.6. The van der Waals surface area contributed by atoms with Crippen LogP contribution in [-0.2, 0) is 0 Å². The van der Waals surface area contributed by atoms with Crippen LogP contribution in [0, 0.1) is 13.8 Å². The van der Waals surface area contributed by atoms with Crippen LogP contribution >= 0.6 is 0 Å². The quantitative estimate of drug-likeness (QED) is 0.489. The second kappa shape index (κ2) is 8.23. The summed E-state index contributed by atoms with van der Waals surface area (Å²) in [6.07, 6.45) is 1.79. The minimum Gasteiger partial charge on any atom is -0.486 e. The first kappa shape index (κ1) is 19.9. The Morgan fingerprint density at radius 1 is 0.906 bits per heavy atom. The zero-order chi connectivity index (χ0) is 22.1. The van der Waals surface area contributed by atoms with E-state index in [9.17, 15) is 4.79 Å². The number of aryl methyl sites for hydroxylation is 2. The second-order valence-electron chi connectivity index (χ2n) is 7.71. The van der Waals surface area contributed by atoms with E-state index in [-0.39, 0.29) is 5.91 Å². The predicted octanol–water partition coefficient (Wildman–Crippen LogP) is 5.18. The number of carbonyl (C=O) groups is 1. The number of fused-ring (bicyclic) bond motifs is 1. The number of carbonyl (C=O) groups excluding carboxylic acids is 1. The molecule has 2 aromatic carbocycles. The molecule has 6 heteroatoms. The van der Waals surface area contributed by atoms with Crippen molar-refractivity contribution < 1.29 is 14.3 Å². The van der Waals surface area contributed by atoms with Gasteiger partial charge in [-0.15, -0.1) is 0 Å². The third kappa shape index (κ3) is 3.71. The number of hydrogen-bond acceptors (Lipinski definition) is 4. The minimum absolute atomic E-state index is 0.188. The molecule has 32 heavy (non-hydrogen) atoms. The number of nitrogens with zero attached hydrogens (tertiary/aromatic N) is 2. The van der Waals surface area contributed by atoms with Crippen molar-refractivity contribution in [2.45, 2.75) is 13.8 Å². The molecule has 4 aromatic rings. The van der Waals surface area contributed by atoms with Gasteiger partial charge in [-0.05, 0) is 62.4 Å². The molecule has 0 saturated heterocycles. The molecule has 2 aromatic heterocycles. The van der Waals surface area contributed by atoms with Gasteiger partial charge in [0.1, 0.15) is 13.2 Å². The van der Waals surface area contributed by atoms with Crippen LogP contribution in [0.5, 0.6) is 11.5 Å². The summed E-state index contributed by atoms with van der Waals surface area (Å²) in [4.78, 5) is 17.4. The van der Waals surface area contributed by atoms with Crippen LogP contribution in [0.3, 0.4) is 0 Å². The molecule has 0 unspecified atom stereocenters. The molecule has 1 aliphatic rings. The maximum absolute atomic E-state index is 12.8. The second-order valence-corrected chi connectivity index (χ2v) is 7.71. The molecule has 0 atom stereocenters. The van der Waals surface area contributed by atoms with Gasteiger partial charge >= 0.3 is 0 Å². The summed E-state index contributed by atoms with van der Waals surface area (Å²) < 4.78 is 13.3. The first-order valence-electron chi connectivity index (χ1n) is 10.5. The van der Waals surface area contributed by atoms with Gasteiger partial charge in [-0.25, -0.2) is 0 Å². The summed E-state index contributed by atoms with van der Waals surface area (Å²) in [5.41, 5.74) is 6.35. The Morgan fingerprint density at radius 3 is 2.38 bits per heavy atom. The molecule has 3 heterocycles. The largest absolute Gasteiger partial charge is 0.486 e. The Kier molecular flexibility index (Phi) is 5.11. The highest BCUT2D eigenvalue weighted by molar-refractivity contribution is 6.04. The monoisotopic (exact) mass is 425 g/mol. The summed E-state index contributed by atoms with van der Waals surface area (Å²) >= 11 is 0. The molecule has 0 spiro atoms. The van der Waals surface area contributed by atoms with Crippen molar-refractivity contribution in [2.24, 2.45) is 0 Å². The number of nitrogens with one attached hydrogen (secondary N) is 1. The van der Waals surface area contributed by atoms with Crippen molar-refractivity contribution in [3.05, 3.63) is 89.9 Å². The van der Waals surface area contributed by atoms with Crippen LogP contribution in [0.2, 0.25) is 0 Å². The normalized spacial score (nSPS) is 12.4. The van der Waals surface area contributed by atoms with Crippen LogP contribution in [0.25, 0.3) is 16.9 Å². The average molecular weight is 425 g/mol. The van der Waals surface area contributed by atoms with Gasteiger partial charge in [0.15, 0.2) is 11.5 Å². The first-order valence-corrected chi connectivity index (χ1v) is 10.5. The van der Waals surface area contributed by atoms with Gasteiger partial charge in [-0.2, -0.15) is 0 Å². The maximum Gasteiger partial charge on any atom is 0.255 e. The van der Waals surface area contributed by atoms with E-state index in [0.29, 0.717) is 36.0 Å². The number of rotatable bonds is 4. The van der Waals surface area contributed by atoms with Crippen LogP contribution < -0.4 is 14.8 Å². The Hall–Kier alpha value is -4.06. The standard InChI is InChI=1S/C26H23N3O3/c1-17-5-6-18(2)29(17)22-4-3-13-27-25(22)19-7-9-20(10-8-19)26(30)28-21-11-12-23-24(16-21)32-15-14-31-23/h3-13,16H,14-15H2,1-2H3,(H,28,30). The number of hydrogen-bond donors (Lipinski definition) is 1. The fourth-order valence-corrected chi connectivity index (χ4v) is 3.95. The Balaban J connectivity index is 1.39. The van der Waals surface area contributed by atoms with E-state index in [1.54, 1.807) is 18.3 Å². The zero-order valence-corrected chi connectivity index (χ0v) is 18.0. The SMILES string of the molecule is Cc1ccc(C)n1-c1cccnc1-c1ccc(C(=O)Nc2ccc3c(c2)OCCO3)cc1. The summed E-state index contributed by atoms with van der Waals surface area (Å²) in [7, 11) is 0. The van der Waals surface area contributed by atoms with E-state index < -0.39 is 0 Å². The number of pyridine rings is 1. The van der Waals surface area contributed by atoms with Crippen LogP contribution in [0.15, 0.2) is 72.9 Å². The van der Waals surface area contributed by atoms with E-state index in [1.165, 1.54) is 0 Å². The summed E-state index contributed by atoms with van der Waals surface area (Å²) in [5.74, 6) is 1.15. The number of benzene rings is 2. The molecule has 0 bridgehead atoms. The van der Waals surface area contributed by atoms with Gasteiger partial charge in [0, 0.05) is 40.5 Å². The average Bonchev–Trinajstić information content (AvgIpc) is 3.16. The van der Waals surface area contributed by atoms with Crippen LogP contribution in [-0.4, -0.2) is 28.7 Å². The minimum atomic E-state index is -0.188. The van der Waals surface area contributed by atoms with Gasteiger partial charge in [-0.1, -0.05) is 12.1 Å². The highest BCUT2D eigenvalue weighted by Crippen LogP contribution is 2.33. The lowest BCUT2D eigenvalue weighted by Gasteiger charge is -2.19. The molecule has 0 saturated carbocycles. The molecular weight excluding hydrogens is 402 g/mol. The van der Waals surface area contributed by atoms with Crippen molar-refractivity contribution in [3.8, 4) is 28.4 Å². The number of aromatic nitrogens is 2. The fourth-order valence-electron chi connectivity index (χ4n) is 3.95. The van der Waals surface area contributed by atoms with Crippen molar-refractivity contribution >= 4 is 11.6 Å². The van der Waals surface area contributed by atoms with Gasteiger partial charge < -0.3 is 19.4 Å². The third-order valence-electron chi connectivity index (χ3n) is 5.52. The van der Waals surface area contributed by atoms with Crippen LogP contribution in [0.4, 0.5) is 5.69 Å². The Labute approximate surface area is 186 Å². The highest BCUT2D eigenvalue weighted by Gasteiger charge is 2.15. The summed E-state index contributed by atoms with van der Waals surface area (Å²) in [6, 6.07) is 21.1. The van der Waals surface area contributed by atoms with Gasteiger partial charge in [-0.3, -0.25) is 9.78 Å².